The first-order chi connectivity index (χ1) is 5.68. The lowest BCUT2D eigenvalue weighted by Crippen LogP contribution is -2.19. The lowest BCUT2D eigenvalue weighted by molar-refractivity contribution is -0.116. The fourth-order valence-electron chi connectivity index (χ4n) is 1.26. The van der Waals surface area contributed by atoms with Crippen LogP contribution >= 0.6 is 0 Å². The summed E-state index contributed by atoms with van der Waals surface area (Å²) in [5.41, 5.74) is 6.61. The van der Waals surface area contributed by atoms with E-state index in [0.717, 1.165) is 0 Å². The van der Waals surface area contributed by atoms with E-state index in [1.54, 1.807) is 0 Å². The predicted octanol–water partition coefficient (Wildman–Crippen LogP) is 0.778. The van der Waals surface area contributed by atoms with Gasteiger partial charge in [-0.3, -0.25) is 4.79 Å². The Morgan fingerprint density at radius 3 is 3.00 bits per heavy atom. The second-order valence-corrected chi connectivity index (χ2v) is 2.70. The summed E-state index contributed by atoms with van der Waals surface area (Å²) in [7, 11) is 0. The molecule has 4 heteroatoms. The highest BCUT2D eigenvalue weighted by Gasteiger charge is 2.26. The molecule has 0 aromatic heterocycles. The molecule has 0 saturated heterocycles. The molecule has 62 valence electrons. The van der Waals surface area contributed by atoms with E-state index in [9.17, 15) is 9.18 Å². The van der Waals surface area contributed by atoms with Crippen molar-refractivity contribution in [2.45, 2.75) is 6.04 Å². The minimum absolute atomic E-state index is 0.282. The molecule has 1 aliphatic rings. The molecule has 0 spiro atoms. The molecule has 1 aromatic rings. The third-order valence-corrected chi connectivity index (χ3v) is 1.89. The average Bonchev–Trinajstić information content (AvgIpc) is 2.31. The van der Waals surface area contributed by atoms with E-state index >= 15 is 0 Å². The number of nitrogens with two attached hydrogens (primary N) is 1. The third kappa shape index (κ3) is 0.887. The first-order valence-corrected chi connectivity index (χ1v) is 3.54. The highest BCUT2D eigenvalue weighted by Crippen LogP contribution is 2.29. The molecule has 1 aromatic carbocycles. The molecule has 1 atom stereocenters. The van der Waals surface area contributed by atoms with E-state index in [1.165, 1.54) is 18.2 Å². The van der Waals surface area contributed by atoms with Crippen molar-refractivity contribution in [1.82, 2.24) is 0 Å². The number of halogens is 1. The van der Waals surface area contributed by atoms with Gasteiger partial charge in [0.15, 0.2) is 0 Å². The van der Waals surface area contributed by atoms with Gasteiger partial charge in [-0.05, 0) is 18.2 Å². The van der Waals surface area contributed by atoms with Crippen molar-refractivity contribution in [2.75, 3.05) is 5.32 Å². The second kappa shape index (κ2) is 2.28. The van der Waals surface area contributed by atoms with Gasteiger partial charge in [0.1, 0.15) is 11.9 Å². The van der Waals surface area contributed by atoms with E-state index < -0.39 is 6.04 Å². The Morgan fingerprint density at radius 2 is 2.25 bits per heavy atom. The summed E-state index contributed by atoms with van der Waals surface area (Å²) in [5, 5.41) is 2.54. The number of benzene rings is 1. The molecule has 1 unspecified atom stereocenters. The number of carbonyl (C=O) groups is 1. The van der Waals surface area contributed by atoms with Crippen LogP contribution in [0.5, 0.6) is 0 Å². The van der Waals surface area contributed by atoms with E-state index in [1.807, 2.05) is 0 Å². The number of fused-ring (bicyclic) bond motifs is 1. The molecular formula is C8H7FN2O. The van der Waals surface area contributed by atoms with Gasteiger partial charge in [0, 0.05) is 11.3 Å². The second-order valence-electron chi connectivity index (χ2n) is 2.70. The molecule has 0 saturated carbocycles. The maximum atomic E-state index is 12.7. The molecule has 1 amide bonds. The lowest BCUT2D eigenvalue weighted by Gasteiger charge is -1.99. The zero-order valence-electron chi connectivity index (χ0n) is 6.17. The maximum absolute atomic E-state index is 12.7. The summed E-state index contributed by atoms with van der Waals surface area (Å²) in [6, 6.07) is 3.35. The Morgan fingerprint density at radius 1 is 1.50 bits per heavy atom. The van der Waals surface area contributed by atoms with Gasteiger partial charge in [0.2, 0.25) is 5.91 Å². The Bertz CT molecular complexity index is 351. The maximum Gasteiger partial charge on any atom is 0.245 e. The highest BCUT2D eigenvalue weighted by atomic mass is 19.1. The average molecular weight is 166 g/mol. The molecule has 1 heterocycles. The molecule has 3 nitrogen and oxygen atoms in total. The van der Waals surface area contributed by atoms with Gasteiger partial charge in [-0.2, -0.15) is 0 Å². The Hall–Kier alpha value is -1.42. The van der Waals surface area contributed by atoms with Gasteiger partial charge in [-0.25, -0.2) is 4.39 Å². The predicted molar refractivity (Wildman–Crippen MR) is 42.0 cm³/mol. The molecule has 0 radical (unpaired) electrons. The van der Waals surface area contributed by atoms with Crippen molar-refractivity contribution in [2.24, 2.45) is 5.73 Å². The largest absolute Gasteiger partial charge is 0.324 e. The van der Waals surface area contributed by atoms with Crippen LogP contribution in [0.25, 0.3) is 0 Å². The van der Waals surface area contributed by atoms with Crippen LogP contribution in [0, 0.1) is 5.82 Å². The van der Waals surface area contributed by atoms with Crippen molar-refractivity contribution in [3.8, 4) is 0 Å². The van der Waals surface area contributed by atoms with E-state index in [4.69, 9.17) is 5.73 Å². The number of hydrogen-bond donors (Lipinski definition) is 2. The Balaban J connectivity index is 2.55. The Kier molecular flexibility index (Phi) is 1.38. The summed E-state index contributed by atoms with van der Waals surface area (Å²) < 4.78 is 12.7. The summed E-state index contributed by atoms with van der Waals surface area (Å²) in [6.07, 6.45) is 0. The third-order valence-electron chi connectivity index (χ3n) is 1.89. The van der Waals surface area contributed by atoms with Crippen molar-refractivity contribution in [3.05, 3.63) is 29.6 Å². The molecule has 12 heavy (non-hydrogen) atoms. The number of anilines is 1. The van der Waals surface area contributed by atoms with Gasteiger partial charge in [-0.1, -0.05) is 0 Å². The van der Waals surface area contributed by atoms with Crippen LogP contribution in [0.2, 0.25) is 0 Å². The van der Waals surface area contributed by atoms with Crippen molar-refractivity contribution >= 4 is 11.6 Å². The zero-order valence-corrected chi connectivity index (χ0v) is 6.17. The van der Waals surface area contributed by atoms with Gasteiger partial charge >= 0.3 is 0 Å². The molecule has 0 fully saturated rings. The van der Waals surface area contributed by atoms with Gasteiger partial charge in [-0.15, -0.1) is 0 Å². The summed E-state index contributed by atoms with van der Waals surface area (Å²) in [5.74, 6) is -0.656. The lowest BCUT2D eigenvalue weighted by atomic mass is 10.1. The fraction of sp³-hybridized carbons (Fsp3) is 0.125. The standard InChI is InChI=1S/C8H7FN2O/c9-4-1-2-6-5(3-4)7(10)8(12)11-6/h1-3,7H,10H2,(H,11,12). The monoisotopic (exact) mass is 166 g/mol. The minimum atomic E-state index is -0.726. The highest BCUT2D eigenvalue weighted by molar-refractivity contribution is 6.02. The number of rotatable bonds is 0. The van der Waals surface area contributed by atoms with E-state index in [-0.39, 0.29) is 11.7 Å². The zero-order chi connectivity index (χ0) is 8.72. The topological polar surface area (TPSA) is 55.1 Å². The number of carbonyl (C=O) groups excluding carboxylic acids is 1. The van der Waals surface area contributed by atoms with Crippen molar-refractivity contribution in [1.29, 1.82) is 0 Å². The van der Waals surface area contributed by atoms with Gasteiger partial charge < -0.3 is 11.1 Å². The molecule has 1 aliphatic heterocycles. The molecular weight excluding hydrogens is 159 g/mol. The van der Waals surface area contributed by atoms with Crippen molar-refractivity contribution < 1.29 is 9.18 Å². The van der Waals surface area contributed by atoms with Crippen LogP contribution in [0.1, 0.15) is 11.6 Å². The van der Waals surface area contributed by atoms with Crippen molar-refractivity contribution in [3.63, 3.8) is 0 Å². The van der Waals surface area contributed by atoms with Crippen LogP contribution in [0.4, 0.5) is 10.1 Å². The molecule has 0 bridgehead atoms. The SMILES string of the molecule is NC1C(=O)Nc2ccc(F)cc21. The van der Waals surface area contributed by atoms with Crippen LogP contribution in [-0.2, 0) is 4.79 Å². The van der Waals surface area contributed by atoms with Crippen LogP contribution in [0.15, 0.2) is 18.2 Å². The summed E-state index contributed by atoms with van der Waals surface area (Å²) in [6.45, 7) is 0. The summed E-state index contributed by atoms with van der Waals surface area (Å²) >= 11 is 0. The Labute approximate surface area is 68.4 Å². The fourth-order valence-corrected chi connectivity index (χ4v) is 1.26. The molecule has 0 aliphatic carbocycles. The number of amides is 1. The quantitative estimate of drug-likeness (QED) is 0.598. The number of hydrogen-bond acceptors (Lipinski definition) is 2. The van der Waals surface area contributed by atoms with E-state index in [0.29, 0.717) is 11.3 Å². The van der Waals surface area contributed by atoms with Crippen LogP contribution < -0.4 is 11.1 Å². The van der Waals surface area contributed by atoms with Gasteiger partial charge in [0.25, 0.3) is 0 Å². The number of nitrogens with one attached hydrogen (secondary N) is 1. The van der Waals surface area contributed by atoms with Crippen LogP contribution in [0.3, 0.4) is 0 Å². The normalized spacial score (nSPS) is 20.5. The summed E-state index contributed by atoms with van der Waals surface area (Å²) in [4.78, 5) is 11.0. The molecule has 3 N–H and O–H groups in total. The molecule has 2 rings (SSSR count). The van der Waals surface area contributed by atoms with E-state index in [2.05, 4.69) is 5.32 Å². The smallest absolute Gasteiger partial charge is 0.245 e. The first kappa shape index (κ1) is 7.24. The first-order valence-electron chi connectivity index (χ1n) is 3.54. The minimum Gasteiger partial charge on any atom is -0.324 e. The van der Waals surface area contributed by atoms with Gasteiger partial charge in [0.05, 0.1) is 0 Å². The van der Waals surface area contributed by atoms with Crippen LogP contribution in [-0.4, -0.2) is 5.91 Å².